The second-order valence-corrected chi connectivity index (χ2v) is 9.35. The van der Waals surface area contributed by atoms with E-state index in [4.69, 9.17) is 0 Å². The molecule has 2 aliphatic heterocycles. The largest absolute Gasteiger partial charge is 0.302 e. The van der Waals surface area contributed by atoms with E-state index < -0.39 is 10.0 Å². The molecule has 0 saturated carbocycles. The van der Waals surface area contributed by atoms with Crippen LogP contribution in [0.15, 0.2) is 11.1 Å². The van der Waals surface area contributed by atoms with Crippen LogP contribution in [0.4, 0.5) is 0 Å². The molecule has 2 aliphatic rings. The van der Waals surface area contributed by atoms with E-state index in [0.717, 1.165) is 56.7 Å². The van der Waals surface area contributed by atoms with Gasteiger partial charge in [0.05, 0.1) is 12.1 Å². The third-order valence-electron chi connectivity index (χ3n) is 5.55. The zero-order valence-electron chi connectivity index (χ0n) is 15.1. The Morgan fingerprint density at radius 2 is 1.88 bits per heavy atom. The molecule has 1 aromatic rings. The smallest absolute Gasteiger partial charge is 0.256 e. The van der Waals surface area contributed by atoms with E-state index in [9.17, 15) is 13.2 Å². The van der Waals surface area contributed by atoms with Crippen LogP contribution in [0.1, 0.15) is 30.5 Å². The van der Waals surface area contributed by atoms with Crippen LogP contribution >= 0.6 is 0 Å². The standard InChI is InChI=1S/C17H28N4O3S/c1-14-15(2)18-13-20(17(14)22)12-16-4-7-19(8-5-16)9-10-21-6-3-11-25(21,23)24/h13,16H,3-12H2,1-2H3. The predicted molar refractivity (Wildman–Crippen MR) is 97.1 cm³/mol. The van der Waals surface area contributed by atoms with E-state index in [1.165, 1.54) is 0 Å². The van der Waals surface area contributed by atoms with Crippen LogP contribution in [-0.2, 0) is 16.6 Å². The molecule has 8 heteroatoms. The number of likely N-dealkylation sites (tertiary alicyclic amines) is 1. The van der Waals surface area contributed by atoms with Gasteiger partial charge in [0.1, 0.15) is 0 Å². The molecule has 0 aromatic carbocycles. The minimum atomic E-state index is -2.99. The second kappa shape index (κ2) is 7.55. The first-order valence-corrected chi connectivity index (χ1v) is 10.7. The van der Waals surface area contributed by atoms with Crippen molar-refractivity contribution in [3.63, 3.8) is 0 Å². The lowest BCUT2D eigenvalue weighted by atomic mass is 9.96. The number of aromatic nitrogens is 2. The molecule has 1 aromatic heterocycles. The summed E-state index contributed by atoms with van der Waals surface area (Å²) in [6.45, 7) is 8.42. The van der Waals surface area contributed by atoms with Crippen molar-refractivity contribution < 1.29 is 8.42 Å². The summed E-state index contributed by atoms with van der Waals surface area (Å²) in [5, 5.41) is 0. The predicted octanol–water partition coefficient (Wildman–Crippen LogP) is 0.608. The molecule has 140 valence electrons. The van der Waals surface area contributed by atoms with Gasteiger partial charge in [-0.1, -0.05) is 0 Å². The number of rotatable bonds is 5. The lowest BCUT2D eigenvalue weighted by Crippen LogP contribution is -2.41. The molecule has 0 spiro atoms. The van der Waals surface area contributed by atoms with Gasteiger partial charge in [-0.15, -0.1) is 0 Å². The number of sulfonamides is 1. The van der Waals surface area contributed by atoms with E-state index in [2.05, 4.69) is 9.88 Å². The first kappa shape index (κ1) is 18.5. The van der Waals surface area contributed by atoms with Gasteiger partial charge in [-0.2, -0.15) is 0 Å². The van der Waals surface area contributed by atoms with Gasteiger partial charge in [0.2, 0.25) is 10.0 Å². The quantitative estimate of drug-likeness (QED) is 0.761. The second-order valence-electron chi connectivity index (χ2n) is 7.27. The highest BCUT2D eigenvalue weighted by molar-refractivity contribution is 7.89. The van der Waals surface area contributed by atoms with Crippen LogP contribution in [-0.4, -0.2) is 65.7 Å². The van der Waals surface area contributed by atoms with Crippen LogP contribution < -0.4 is 5.56 Å². The molecule has 0 atom stereocenters. The Morgan fingerprint density at radius 3 is 2.52 bits per heavy atom. The van der Waals surface area contributed by atoms with Crippen molar-refractivity contribution in [1.29, 1.82) is 0 Å². The molecular weight excluding hydrogens is 340 g/mol. The van der Waals surface area contributed by atoms with Crippen molar-refractivity contribution in [2.24, 2.45) is 5.92 Å². The summed E-state index contributed by atoms with van der Waals surface area (Å²) in [6, 6.07) is 0. The summed E-state index contributed by atoms with van der Waals surface area (Å²) in [5.41, 5.74) is 1.59. The van der Waals surface area contributed by atoms with Crippen molar-refractivity contribution in [2.45, 2.75) is 39.7 Å². The van der Waals surface area contributed by atoms with Crippen LogP contribution in [0, 0.1) is 19.8 Å². The van der Waals surface area contributed by atoms with Crippen LogP contribution in [0.25, 0.3) is 0 Å². The lowest BCUT2D eigenvalue weighted by Gasteiger charge is -2.33. The summed E-state index contributed by atoms with van der Waals surface area (Å²) < 4.78 is 27.0. The van der Waals surface area contributed by atoms with E-state index in [1.54, 1.807) is 15.2 Å². The Labute approximate surface area is 149 Å². The Morgan fingerprint density at radius 1 is 1.16 bits per heavy atom. The summed E-state index contributed by atoms with van der Waals surface area (Å²) in [6.07, 6.45) is 4.48. The SMILES string of the molecule is Cc1ncn(CC2CCN(CCN3CCCS3(=O)=O)CC2)c(=O)c1C. The number of nitrogens with zero attached hydrogens (tertiary/aromatic N) is 4. The molecule has 0 N–H and O–H groups in total. The molecule has 3 heterocycles. The summed E-state index contributed by atoms with van der Waals surface area (Å²) >= 11 is 0. The highest BCUT2D eigenvalue weighted by Gasteiger charge is 2.28. The minimum Gasteiger partial charge on any atom is -0.302 e. The molecular formula is C17H28N4O3S. The van der Waals surface area contributed by atoms with E-state index in [-0.39, 0.29) is 5.56 Å². The van der Waals surface area contributed by atoms with Crippen molar-refractivity contribution >= 4 is 10.0 Å². The Kier molecular flexibility index (Phi) is 5.60. The van der Waals surface area contributed by atoms with E-state index >= 15 is 0 Å². The minimum absolute atomic E-state index is 0.0640. The molecule has 7 nitrogen and oxygen atoms in total. The van der Waals surface area contributed by atoms with E-state index in [1.807, 2.05) is 13.8 Å². The Balaban J connectivity index is 1.48. The Bertz CT molecular complexity index is 767. The monoisotopic (exact) mass is 368 g/mol. The first-order chi connectivity index (χ1) is 11.9. The van der Waals surface area contributed by atoms with Gasteiger partial charge in [0.25, 0.3) is 5.56 Å². The molecule has 0 radical (unpaired) electrons. The fourth-order valence-corrected chi connectivity index (χ4v) is 5.19. The van der Waals surface area contributed by atoms with Crippen LogP contribution in [0.2, 0.25) is 0 Å². The molecule has 0 bridgehead atoms. The molecule has 25 heavy (non-hydrogen) atoms. The number of aryl methyl sites for hydroxylation is 1. The van der Waals surface area contributed by atoms with Gasteiger partial charge >= 0.3 is 0 Å². The zero-order valence-corrected chi connectivity index (χ0v) is 16.0. The maximum atomic E-state index is 12.3. The topological polar surface area (TPSA) is 75.5 Å². The van der Waals surface area contributed by atoms with Gasteiger partial charge < -0.3 is 4.90 Å². The third kappa shape index (κ3) is 4.30. The first-order valence-electron chi connectivity index (χ1n) is 9.09. The molecule has 3 rings (SSSR count). The molecule has 0 unspecified atom stereocenters. The van der Waals surface area contributed by atoms with Crippen molar-refractivity contribution in [3.05, 3.63) is 27.9 Å². The van der Waals surface area contributed by atoms with E-state index in [0.29, 0.717) is 24.8 Å². The summed E-state index contributed by atoms with van der Waals surface area (Å²) in [4.78, 5) is 18.9. The number of hydrogen-bond donors (Lipinski definition) is 0. The Hall–Kier alpha value is -1.25. The van der Waals surface area contributed by atoms with Gasteiger partial charge in [0, 0.05) is 37.4 Å². The summed E-state index contributed by atoms with van der Waals surface area (Å²) in [5.74, 6) is 0.779. The maximum Gasteiger partial charge on any atom is 0.256 e. The maximum absolute atomic E-state index is 12.3. The average molecular weight is 369 g/mol. The van der Waals surface area contributed by atoms with Gasteiger partial charge in [-0.3, -0.25) is 9.36 Å². The van der Waals surface area contributed by atoms with Crippen LogP contribution in [0.3, 0.4) is 0 Å². The van der Waals surface area contributed by atoms with Crippen molar-refractivity contribution in [1.82, 2.24) is 18.8 Å². The molecule has 2 fully saturated rings. The molecule has 0 amide bonds. The third-order valence-corrected chi connectivity index (χ3v) is 7.50. The van der Waals surface area contributed by atoms with Crippen molar-refractivity contribution in [3.8, 4) is 0 Å². The fraction of sp³-hybridized carbons (Fsp3) is 0.765. The van der Waals surface area contributed by atoms with Gasteiger partial charge in [-0.05, 0) is 52.1 Å². The zero-order chi connectivity index (χ0) is 18.0. The highest BCUT2D eigenvalue weighted by atomic mass is 32.2. The molecule has 0 aliphatic carbocycles. The number of hydrogen-bond acceptors (Lipinski definition) is 5. The number of piperidine rings is 1. The summed E-state index contributed by atoms with van der Waals surface area (Å²) in [7, 11) is -2.99. The van der Waals surface area contributed by atoms with Gasteiger partial charge in [0.15, 0.2) is 0 Å². The molecule has 2 saturated heterocycles. The van der Waals surface area contributed by atoms with Crippen LogP contribution in [0.5, 0.6) is 0 Å². The van der Waals surface area contributed by atoms with Gasteiger partial charge in [-0.25, -0.2) is 17.7 Å². The highest BCUT2D eigenvalue weighted by Crippen LogP contribution is 2.19. The normalized spacial score (nSPS) is 22.5. The lowest BCUT2D eigenvalue weighted by molar-refractivity contribution is 0.165. The average Bonchev–Trinajstić information content (AvgIpc) is 2.93. The fourth-order valence-electron chi connectivity index (χ4n) is 3.67. The van der Waals surface area contributed by atoms with Crippen molar-refractivity contribution in [2.75, 3.05) is 38.5 Å².